The van der Waals surface area contributed by atoms with Crippen LogP contribution in [0.1, 0.15) is 23.7 Å². The number of ether oxygens (including phenoxy) is 3. The highest BCUT2D eigenvalue weighted by Gasteiger charge is 2.14. The number of hydrogen-bond acceptors (Lipinski definition) is 6. The van der Waals surface area contributed by atoms with Crippen LogP contribution in [0.3, 0.4) is 0 Å². The molecular formula is C20H21N3O5. The van der Waals surface area contributed by atoms with Crippen LogP contribution < -0.4 is 25.0 Å². The van der Waals surface area contributed by atoms with Gasteiger partial charge >= 0.3 is 0 Å². The van der Waals surface area contributed by atoms with Crippen molar-refractivity contribution in [3.63, 3.8) is 0 Å². The highest BCUT2D eigenvalue weighted by molar-refractivity contribution is 6.06. The number of anilines is 1. The van der Waals surface area contributed by atoms with Gasteiger partial charge in [0.1, 0.15) is 19.0 Å². The standard InChI is InChI=1S/C20H21N3O5/c1-13(22-23-20(25)15-5-3-4-6-16(15)26-2)11-19(24)21-14-7-8-17-18(12-14)28-10-9-27-17/h3-8,12H,9-11H2,1-2H3,(H,21,24)(H,23,25)/b22-13-. The summed E-state index contributed by atoms with van der Waals surface area (Å²) in [5.41, 5.74) is 3.85. The molecule has 0 saturated heterocycles. The summed E-state index contributed by atoms with van der Waals surface area (Å²) in [6.07, 6.45) is 0.0284. The van der Waals surface area contributed by atoms with Gasteiger partial charge in [-0.1, -0.05) is 12.1 Å². The predicted octanol–water partition coefficient (Wildman–Crippen LogP) is 2.60. The summed E-state index contributed by atoms with van der Waals surface area (Å²) in [6.45, 7) is 2.64. The van der Waals surface area contributed by atoms with E-state index in [1.165, 1.54) is 7.11 Å². The van der Waals surface area contributed by atoms with Gasteiger partial charge in [0, 0.05) is 17.5 Å². The Kier molecular flexibility index (Phi) is 6.11. The number of rotatable bonds is 6. The number of amides is 2. The molecule has 3 rings (SSSR count). The molecule has 0 aromatic heterocycles. The zero-order valence-electron chi connectivity index (χ0n) is 15.7. The Morgan fingerprint density at radius 1 is 1.11 bits per heavy atom. The lowest BCUT2D eigenvalue weighted by Gasteiger charge is -2.19. The maximum atomic E-state index is 12.2. The second-order valence-corrected chi connectivity index (χ2v) is 6.07. The topological polar surface area (TPSA) is 98.2 Å². The zero-order valence-corrected chi connectivity index (χ0v) is 15.7. The first-order valence-electron chi connectivity index (χ1n) is 8.73. The first-order valence-corrected chi connectivity index (χ1v) is 8.73. The molecule has 0 fully saturated rings. The summed E-state index contributed by atoms with van der Waals surface area (Å²) >= 11 is 0. The second kappa shape index (κ2) is 8.90. The first-order chi connectivity index (χ1) is 13.6. The van der Waals surface area contributed by atoms with Crippen LogP contribution in [0.25, 0.3) is 0 Å². The lowest BCUT2D eigenvalue weighted by molar-refractivity contribution is -0.115. The second-order valence-electron chi connectivity index (χ2n) is 6.07. The van der Waals surface area contributed by atoms with Gasteiger partial charge in [-0.3, -0.25) is 9.59 Å². The summed E-state index contributed by atoms with van der Waals surface area (Å²) in [7, 11) is 1.49. The molecule has 0 atom stereocenters. The van der Waals surface area contributed by atoms with E-state index in [2.05, 4.69) is 15.8 Å². The van der Waals surface area contributed by atoms with Gasteiger partial charge < -0.3 is 19.5 Å². The molecule has 2 aromatic rings. The van der Waals surface area contributed by atoms with Crippen molar-refractivity contribution in [1.29, 1.82) is 0 Å². The monoisotopic (exact) mass is 383 g/mol. The molecule has 1 aliphatic heterocycles. The molecule has 0 unspecified atom stereocenters. The average Bonchev–Trinajstić information content (AvgIpc) is 2.71. The van der Waals surface area contributed by atoms with E-state index in [-0.39, 0.29) is 12.3 Å². The number of methoxy groups -OCH3 is 1. The van der Waals surface area contributed by atoms with E-state index in [4.69, 9.17) is 14.2 Å². The Morgan fingerprint density at radius 3 is 2.64 bits per heavy atom. The van der Waals surface area contributed by atoms with Crippen molar-refractivity contribution in [1.82, 2.24) is 5.43 Å². The molecule has 0 radical (unpaired) electrons. The zero-order chi connectivity index (χ0) is 19.9. The van der Waals surface area contributed by atoms with Crippen molar-refractivity contribution in [3.05, 3.63) is 48.0 Å². The number of fused-ring (bicyclic) bond motifs is 1. The summed E-state index contributed by atoms with van der Waals surface area (Å²) in [5.74, 6) is 1.03. The molecule has 2 aromatic carbocycles. The summed E-state index contributed by atoms with van der Waals surface area (Å²) < 4.78 is 16.1. The number of hydrogen-bond donors (Lipinski definition) is 2. The van der Waals surface area contributed by atoms with Crippen LogP contribution in [0.5, 0.6) is 17.2 Å². The largest absolute Gasteiger partial charge is 0.496 e. The molecule has 28 heavy (non-hydrogen) atoms. The smallest absolute Gasteiger partial charge is 0.275 e. The van der Waals surface area contributed by atoms with Gasteiger partial charge in [-0.05, 0) is 31.2 Å². The van der Waals surface area contributed by atoms with Crippen LogP contribution in [-0.2, 0) is 4.79 Å². The number of benzene rings is 2. The van der Waals surface area contributed by atoms with Gasteiger partial charge in [-0.15, -0.1) is 0 Å². The van der Waals surface area contributed by atoms with Crippen LogP contribution in [0.4, 0.5) is 5.69 Å². The summed E-state index contributed by atoms with van der Waals surface area (Å²) in [4.78, 5) is 24.4. The van der Waals surface area contributed by atoms with E-state index in [1.54, 1.807) is 49.4 Å². The van der Waals surface area contributed by atoms with Crippen molar-refractivity contribution in [3.8, 4) is 17.2 Å². The van der Waals surface area contributed by atoms with Gasteiger partial charge in [0.15, 0.2) is 11.5 Å². The van der Waals surface area contributed by atoms with Crippen LogP contribution in [0.15, 0.2) is 47.6 Å². The van der Waals surface area contributed by atoms with Crippen LogP contribution in [0, 0.1) is 0 Å². The third-order valence-corrected chi connectivity index (χ3v) is 3.94. The Labute approximate surface area is 162 Å². The third-order valence-electron chi connectivity index (χ3n) is 3.94. The fourth-order valence-corrected chi connectivity index (χ4v) is 2.64. The minimum Gasteiger partial charge on any atom is -0.496 e. The Morgan fingerprint density at radius 2 is 1.86 bits per heavy atom. The fraction of sp³-hybridized carbons (Fsp3) is 0.250. The third kappa shape index (κ3) is 4.79. The molecule has 0 bridgehead atoms. The lowest BCUT2D eigenvalue weighted by atomic mass is 10.2. The number of nitrogens with one attached hydrogen (secondary N) is 2. The maximum absolute atomic E-state index is 12.2. The summed E-state index contributed by atoms with van der Waals surface area (Å²) in [5, 5.41) is 6.76. The Hall–Kier alpha value is -3.55. The fourth-order valence-electron chi connectivity index (χ4n) is 2.64. The molecular weight excluding hydrogens is 362 g/mol. The van der Waals surface area contributed by atoms with Gasteiger partial charge in [0.05, 0.1) is 19.1 Å². The molecule has 0 saturated carbocycles. The van der Waals surface area contributed by atoms with Crippen molar-refractivity contribution < 1.29 is 23.8 Å². The number of hydrazone groups is 1. The molecule has 2 amide bonds. The van der Waals surface area contributed by atoms with Gasteiger partial charge in [0.2, 0.25) is 5.91 Å². The van der Waals surface area contributed by atoms with E-state index in [9.17, 15) is 9.59 Å². The lowest BCUT2D eigenvalue weighted by Crippen LogP contribution is -2.22. The quantitative estimate of drug-likeness (QED) is 0.590. The molecule has 2 N–H and O–H groups in total. The van der Waals surface area contributed by atoms with E-state index < -0.39 is 5.91 Å². The van der Waals surface area contributed by atoms with Crippen LogP contribution >= 0.6 is 0 Å². The number of para-hydroxylation sites is 1. The van der Waals surface area contributed by atoms with E-state index in [1.807, 2.05) is 0 Å². The molecule has 8 nitrogen and oxygen atoms in total. The van der Waals surface area contributed by atoms with Gasteiger partial charge in [-0.2, -0.15) is 5.10 Å². The van der Waals surface area contributed by atoms with Crippen LogP contribution in [-0.4, -0.2) is 37.8 Å². The average molecular weight is 383 g/mol. The SMILES string of the molecule is COc1ccccc1C(=O)N/N=C(/C)CC(=O)Nc1ccc2c(c1)OCCO2. The number of carbonyl (C=O) groups excluding carboxylic acids is 2. The highest BCUT2D eigenvalue weighted by Crippen LogP contribution is 2.32. The van der Waals surface area contributed by atoms with Crippen molar-refractivity contribution >= 4 is 23.2 Å². The molecule has 1 aliphatic rings. The highest BCUT2D eigenvalue weighted by atomic mass is 16.6. The Bertz CT molecular complexity index is 910. The van der Waals surface area contributed by atoms with E-state index in [0.717, 1.165) is 0 Å². The first kappa shape index (κ1) is 19.2. The predicted molar refractivity (Wildman–Crippen MR) is 104 cm³/mol. The van der Waals surface area contributed by atoms with Crippen LogP contribution in [0.2, 0.25) is 0 Å². The number of carbonyl (C=O) groups is 2. The van der Waals surface area contributed by atoms with Gasteiger partial charge in [-0.25, -0.2) is 5.43 Å². The van der Waals surface area contributed by atoms with E-state index >= 15 is 0 Å². The molecule has 0 spiro atoms. The number of nitrogens with zero attached hydrogens (tertiary/aromatic N) is 1. The summed E-state index contributed by atoms with van der Waals surface area (Å²) in [6, 6.07) is 12.0. The van der Waals surface area contributed by atoms with Crippen molar-refractivity contribution in [2.24, 2.45) is 5.10 Å². The molecule has 1 heterocycles. The van der Waals surface area contributed by atoms with Gasteiger partial charge in [0.25, 0.3) is 5.91 Å². The minimum absolute atomic E-state index is 0.0284. The molecule has 0 aliphatic carbocycles. The Balaban J connectivity index is 1.55. The molecule has 8 heteroatoms. The molecule has 146 valence electrons. The van der Waals surface area contributed by atoms with Crippen molar-refractivity contribution in [2.75, 3.05) is 25.6 Å². The maximum Gasteiger partial charge on any atom is 0.275 e. The minimum atomic E-state index is -0.413. The normalized spacial score (nSPS) is 12.9. The van der Waals surface area contributed by atoms with Crippen molar-refractivity contribution in [2.45, 2.75) is 13.3 Å². The van der Waals surface area contributed by atoms with E-state index in [0.29, 0.717) is 47.4 Å².